The lowest BCUT2D eigenvalue weighted by atomic mass is 10.2. The van der Waals surface area contributed by atoms with Crippen molar-refractivity contribution in [2.24, 2.45) is 0 Å². The second-order valence-electron chi connectivity index (χ2n) is 6.07. The van der Waals surface area contributed by atoms with E-state index in [9.17, 15) is 22.9 Å². The van der Waals surface area contributed by atoms with Gasteiger partial charge in [-0.1, -0.05) is 20.3 Å². The zero-order valence-corrected chi connectivity index (χ0v) is 17.6. The molecule has 1 amide bonds. The van der Waals surface area contributed by atoms with Crippen molar-refractivity contribution in [1.29, 1.82) is 0 Å². The molecule has 0 saturated carbocycles. The van der Waals surface area contributed by atoms with Crippen molar-refractivity contribution in [2.45, 2.75) is 45.4 Å². The SMILES string of the molecule is CCC[C@@H](O)NCCN[C@@H](CC)CO.O=C(NNCS(=O)(=O)[O-])c1ccncc1. The topological polar surface area (TPSA) is 176 Å². The molecule has 11 nitrogen and oxygen atoms in total. The smallest absolute Gasteiger partial charge is 0.265 e. The first-order chi connectivity index (χ1) is 13.7. The van der Waals surface area contributed by atoms with E-state index in [0.717, 1.165) is 32.4 Å². The van der Waals surface area contributed by atoms with Crippen LogP contribution in [0.15, 0.2) is 24.5 Å². The number of amides is 1. The van der Waals surface area contributed by atoms with Gasteiger partial charge in [-0.2, -0.15) is 0 Å². The first-order valence-electron chi connectivity index (χ1n) is 9.35. The summed E-state index contributed by atoms with van der Waals surface area (Å²) in [6.07, 6.45) is 5.13. The number of aromatic nitrogens is 1. The summed E-state index contributed by atoms with van der Waals surface area (Å²) in [6, 6.07) is 3.07. The van der Waals surface area contributed by atoms with Crippen molar-refractivity contribution in [1.82, 2.24) is 26.5 Å². The number of aliphatic hydroxyl groups excluding tert-OH is 2. The fourth-order valence-corrected chi connectivity index (χ4v) is 2.26. The van der Waals surface area contributed by atoms with E-state index in [2.05, 4.69) is 21.0 Å². The van der Waals surface area contributed by atoms with Crippen LogP contribution in [0, 0.1) is 0 Å². The zero-order chi connectivity index (χ0) is 22.1. The third-order valence-corrected chi connectivity index (χ3v) is 4.10. The van der Waals surface area contributed by atoms with Crippen LogP contribution in [0.1, 0.15) is 43.5 Å². The summed E-state index contributed by atoms with van der Waals surface area (Å²) in [6.45, 7) is 5.76. The molecule has 1 rings (SSSR count). The molecule has 1 aromatic rings. The first kappa shape index (κ1) is 27.3. The molecule has 0 aliphatic carbocycles. The predicted molar refractivity (Wildman–Crippen MR) is 107 cm³/mol. The number of hydrogen-bond acceptors (Lipinski definition) is 10. The van der Waals surface area contributed by atoms with Gasteiger partial charge in [-0.3, -0.25) is 20.5 Å². The summed E-state index contributed by atoms with van der Waals surface area (Å²) in [5, 5.41) is 24.4. The van der Waals surface area contributed by atoms with E-state index >= 15 is 0 Å². The Labute approximate surface area is 172 Å². The van der Waals surface area contributed by atoms with Crippen LogP contribution in [0.5, 0.6) is 0 Å². The molecule has 12 heteroatoms. The third kappa shape index (κ3) is 15.9. The second-order valence-corrected chi connectivity index (χ2v) is 7.47. The number of carbonyl (C=O) groups excluding carboxylic acids is 1. The number of pyridine rings is 1. The van der Waals surface area contributed by atoms with Crippen molar-refractivity contribution in [2.75, 3.05) is 25.6 Å². The van der Waals surface area contributed by atoms with Crippen molar-refractivity contribution < 1.29 is 28.0 Å². The van der Waals surface area contributed by atoms with E-state index in [-0.39, 0.29) is 12.6 Å². The van der Waals surface area contributed by atoms with Crippen molar-refractivity contribution in [3.8, 4) is 0 Å². The Kier molecular flexibility index (Phi) is 15.2. The van der Waals surface area contributed by atoms with E-state index in [1.165, 1.54) is 24.5 Å². The molecule has 0 spiro atoms. The third-order valence-electron chi connectivity index (χ3n) is 3.61. The highest BCUT2D eigenvalue weighted by molar-refractivity contribution is 7.85. The lowest BCUT2D eigenvalue weighted by Crippen LogP contribution is -2.40. The van der Waals surface area contributed by atoms with Gasteiger partial charge in [0.25, 0.3) is 5.91 Å². The summed E-state index contributed by atoms with van der Waals surface area (Å²) < 4.78 is 30.5. The van der Waals surface area contributed by atoms with Gasteiger partial charge in [-0.25, -0.2) is 13.8 Å². The Morgan fingerprint density at radius 1 is 1.21 bits per heavy atom. The molecular weight excluding hydrogens is 402 g/mol. The van der Waals surface area contributed by atoms with Gasteiger partial charge < -0.3 is 20.1 Å². The van der Waals surface area contributed by atoms with Gasteiger partial charge in [0.05, 0.1) is 6.61 Å². The minimum absolute atomic E-state index is 0.175. The molecule has 0 unspecified atom stereocenters. The van der Waals surface area contributed by atoms with Gasteiger partial charge in [0, 0.05) is 37.1 Å². The van der Waals surface area contributed by atoms with Crippen LogP contribution in [0.3, 0.4) is 0 Å². The number of rotatable bonds is 13. The quantitative estimate of drug-likeness (QED) is 0.0964. The number of carbonyl (C=O) groups is 1. The summed E-state index contributed by atoms with van der Waals surface area (Å²) in [7, 11) is -4.39. The standard InChI is InChI=1S/C10H24N2O2.C7H9N3O4S/c1-3-5-10(14)12-7-6-11-9(4-2)8-13;11-7(6-1-3-8-4-2-6)10-9-5-15(12,13)14/h9-14H,3-8H2,1-2H3;1-4,9H,5H2,(H,10,11)(H,12,13,14)/p-1/t9-,10+;/m0./s1. The largest absolute Gasteiger partial charge is 0.747 e. The molecule has 0 aromatic carbocycles. The highest BCUT2D eigenvalue weighted by Gasteiger charge is 2.04. The van der Waals surface area contributed by atoms with Crippen LogP contribution < -0.4 is 21.5 Å². The van der Waals surface area contributed by atoms with Gasteiger partial charge in [0.2, 0.25) is 0 Å². The van der Waals surface area contributed by atoms with E-state index in [4.69, 9.17) is 5.11 Å². The molecule has 168 valence electrons. The summed E-state index contributed by atoms with van der Waals surface area (Å²) in [4.78, 5) is 14.9. The molecule has 1 heterocycles. The maximum Gasteiger partial charge on any atom is 0.265 e. The molecule has 0 aliphatic rings. The molecular formula is C17H32N5O6S-. The number of nitrogens with zero attached hydrogens (tertiary/aromatic N) is 1. The number of hydrazine groups is 1. The Hall–Kier alpha value is -1.67. The van der Waals surface area contributed by atoms with Crippen molar-refractivity contribution >= 4 is 16.0 Å². The Balaban J connectivity index is 0.000000543. The van der Waals surface area contributed by atoms with E-state index in [1.807, 2.05) is 19.3 Å². The fourth-order valence-electron chi connectivity index (χ4n) is 2.01. The lowest BCUT2D eigenvalue weighted by Gasteiger charge is -2.16. The molecule has 1 aromatic heterocycles. The van der Waals surface area contributed by atoms with Crippen molar-refractivity contribution in [3.05, 3.63) is 30.1 Å². The van der Waals surface area contributed by atoms with Gasteiger partial charge in [-0.05, 0) is 25.0 Å². The van der Waals surface area contributed by atoms with E-state index in [0.29, 0.717) is 5.56 Å². The monoisotopic (exact) mass is 434 g/mol. The molecule has 0 fully saturated rings. The molecule has 0 bridgehead atoms. The fraction of sp³-hybridized carbons (Fsp3) is 0.647. The normalized spacial score (nSPS) is 13.1. The minimum Gasteiger partial charge on any atom is -0.747 e. The second kappa shape index (κ2) is 16.2. The summed E-state index contributed by atoms with van der Waals surface area (Å²) in [5.74, 6) is -1.40. The predicted octanol–water partition coefficient (Wildman–Crippen LogP) is -1.13. The maximum absolute atomic E-state index is 11.2. The molecule has 0 aliphatic heterocycles. The molecule has 0 radical (unpaired) electrons. The summed E-state index contributed by atoms with van der Waals surface area (Å²) >= 11 is 0. The number of hydrogen-bond donors (Lipinski definition) is 6. The van der Waals surface area contributed by atoms with E-state index in [1.54, 1.807) is 0 Å². The summed E-state index contributed by atoms with van der Waals surface area (Å²) in [5.41, 5.74) is 4.37. The molecule has 2 atom stereocenters. The zero-order valence-electron chi connectivity index (χ0n) is 16.8. The lowest BCUT2D eigenvalue weighted by molar-refractivity contribution is 0.0936. The molecule has 29 heavy (non-hydrogen) atoms. The minimum atomic E-state index is -4.39. The van der Waals surface area contributed by atoms with Gasteiger partial charge in [0.15, 0.2) is 0 Å². The first-order valence-corrected chi connectivity index (χ1v) is 10.9. The molecule has 0 saturated heterocycles. The highest BCUT2D eigenvalue weighted by atomic mass is 32.2. The van der Waals surface area contributed by atoms with Gasteiger partial charge in [0.1, 0.15) is 22.2 Å². The van der Waals surface area contributed by atoms with Gasteiger partial charge >= 0.3 is 0 Å². The average Bonchev–Trinajstić information content (AvgIpc) is 2.68. The Morgan fingerprint density at radius 2 is 1.83 bits per heavy atom. The number of nitrogens with one attached hydrogen (secondary N) is 4. The van der Waals surface area contributed by atoms with Crippen LogP contribution >= 0.6 is 0 Å². The van der Waals surface area contributed by atoms with Gasteiger partial charge in [-0.15, -0.1) is 0 Å². The number of aliphatic hydroxyl groups is 2. The molecule has 6 N–H and O–H groups in total. The van der Waals surface area contributed by atoms with Crippen LogP contribution in [0.2, 0.25) is 0 Å². The van der Waals surface area contributed by atoms with Crippen LogP contribution in [-0.2, 0) is 10.1 Å². The van der Waals surface area contributed by atoms with E-state index < -0.39 is 28.1 Å². The average molecular weight is 435 g/mol. The van der Waals surface area contributed by atoms with Crippen molar-refractivity contribution in [3.63, 3.8) is 0 Å². The Bertz CT molecular complexity index is 643. The van der Waals surface area contributed by atoms with Crippen LogP contribution in [0.4, 0.5) is 0 Å². The van der Waals surface area contributed by atoms with Crippen LogP contribution in [-0.4, -0.2) is 71.9 Å². The maximum atomic E-state index is 11.2. The van der Waals surface area contributed by atoms with Crippen LogP contribution in [0.25, 0.3) is 0 Å². The Morgan fingerprint density at radius 3 is 2.34 bits per heavy atom. The highest BCUT2D eigenvalue weighted by Crippen LogP contribution is 1.94.